The first kappa shape index (κ1) is 11.1. The van der Waals surface area contributed by atoms with E-state index in [0.29, 0.717) is 10.2 Å². The third-order valence-corrected chi connectivity index (χ3v) is 2.78. The lowest BCUT2D eigenvalue weighted by Crippen LogP contribution is -1.89. The van der Waals surface area contributed by atoms with Crippen LogP contribution in [-0.2, 0) is 0 Å². The summed E-state index contributed by atoms with van der Waals surface area (Å²) >= 11 is 3.07. The molecule has 4 heteroatoms. The van der Waals surface area contributed by atoms with E-state index in [1.54, 1.807) is 19.2 Å². The minimum Gasteiger partial charge on any atom is -0.497 e. The second-order valence-electron chi connectivity index (χ2n) is 3.20. The van der Waals surface area contributed by atoms with Gasteiger partial charge in [0.2, 0.25) is 5.95 Å². The Morgan fingerprint density at radius 2 is 1.81 bits per heavy atom. The van der Waals surface area contributed by atoms with Crippen molar-refractivity contribution in [3.63, 3.8) is 0 Å². The van der Waals surface area contributed by atoms with Crippen LogP contribution in [0.1, 0.15) is 0 Å². The first-order chi connectivity index (χ1) is 7.70. The van der Waals surface area contributed by atoms with Crippen LogP contribution in [0.15, 0.2) is 40.9 Å². The molecule has 0 aliphatic carbocycles. The average Bonchev–Trinajstić information content (AvgIpc) is 2.33. The Morgan fingerprint density at radius 1 is 1.12 bits per heavy atom. The van der Waals surface area contributed by atoms with Gasteiger partial charge in [-0.25, -0.2) is 4.98 Å². The number of hydrogen-bond donors (Lipinski definition) is 0. The van der Waals surface area contributed by atoms with Crippen molar-refractivity contribution in [2.45, 2.75) is 0 Å². The highest BCUT2D eigenvalue weighted by Gasteiger charge is 2.04. The zero-order valence-electron chi connectivity index (χ0n) is 8.58. The van der Waals surface area contributed by atoms with E-state index in [1.807, 2.05) is 24.3 Å². The molecule has 2 nitrogen and oxygen atoms in total. The summed E-state index contributed by atoms with van der Waals surface area (Å²) in [7, 11) is 1.60. The molecule has 1 heterocycles. The Morgan fingerprint density at radius 3 is 2.38 bits per heavy atom. The van der Waals surface area contributed by atoms with Crippen LogP contribution in [0.4, 0.5) is 4.39 Å². The summed E-state index contributed by atoms with van der Waals surface area (Å²) in [5.41, 5.74) is 1.45. The van der Waals surface area contributed by atoms with Crippen LogP contribution in [0.5, 0.6) is 5.75 Å². The zero-order valence-corrected chi connectivity index (χ0v) is 10.2. The fourth-order valence-corrected chi connectivity index (χ4v) is 1.56. The maximum atomic E-state index is 13.2. The number of pyridine rings is 1. The van der Waals surface area contributed by atoms with Crippen LogP contribution in [0.2, 0.25) is 0 Å². The van der Waals surface area contributed by atoms with Gasteiger partial charge in [-0.1, -0.05) is 0 Å². The number of methoxy groups -OCH3 is 1. The summed E-state index contributed by atoms with van der Waals surface area (Å²) < 4.78 is 18.6. The van der Waals surface area contributed by atoms with Crippen molar-refractivity contribution in [3.05, 3.63) is 46.8 Å². The van der Waals surface area contributed by atoms with E-state index >= 15 is 0 Å². The van der Waals surface area contributed by atoms with Crippen molar-refractivity contribution in [2.24, 2.45) is 0 Å². The molecule has 0 radical (unpaired) electrons. The third-order valence-electron chi connectivity index (χ3n) is 2.19. The van der Waals surface area contributed by atoms with E-state index < -0.39 is 5.95 Å². The van der Waals surface area contributed by atoms with E-state index in [2.05, 4.69) is 20.9 Å². The molecule has 0 saturated heterocycles. The third kappa shape index (κ3) is 2.22. The van der Waals surface area contributed by atoms with E-state index in [-0.39, 0.29) is 0 Å². The number of nitrogens with zero attached hydrogens (tertiary/aromatic N) is 1. The standard InChI is InChI=1S/C12H9BrFNO/c1-16-9-4-2-8(3-5-9)11-7-6-10(13)12(14)15-11/h2-7H,1H3. The highest BCUT2D eigenvalue weighted by molar-refractivity contribution is 9.10. The monoisotopic (exact) mass is 281 g/mol. The Balaban J connectivity index is 2.38. The van der Waals surface area contributed by atoms with Crippen LogP contribution in [0.3, 0.4) is 0 Å². The molecule has 2 rings (SSSR count). The van der Waals surface area contributed by atoms with E-state index in [0.717, 1.165) is 11.3 Å². The van der Waals surface area contributed by atoms with Gasteiger partial charge in [0, 0.05) is 5.56 Å². The predicted molar refractivity (Wildman–Crippen MR) is 63.9 cm³/mol. The highest BCUT2D eigenvalue weighted by Crippen LogP contribution is 2.23. The number of halogens is 2. The van der Waals surface area contributed by atoms with Gasteiger partial charge in [0.05, 0.1) is 17.3 Å². The summed E-state index contributed by atoms with van der Waals surface area (Å²) in [6, 6.07) is 10.7. The van der Waals surface area contributed by atoms with Gasteiger partial charge in [0.25, 0.3) is 0 Å². The largest absolute Gasteiger partial charge is 0.497 e. The van der Waals surface area contributed by atoms with Crippen LogP contribution >= 0.6 is 15.9 Å². The molecule has 0 spiro atoms. The second-order valence-corrected chi connectivity index (χ2v) is 4.05. The van der Waals surface area contributed by atoms with Gasteiger partial charge in [-0.15, -0.1) is 0 Å². The molecule has 0 bridgehead atoms. The first-order valence-electron chi connectivity index (χ1n) is 4.67. The maximum Gasteiger partial charge on any atom is 0.227 e. The number of benzene rings is 1. The molecule has 1 aromatic carbocycles. The fraction of sp³-hybridized carbons (Fsp3) is 0.0833. The number of aromatic nitrogens is 1. The predicted octanol–water partition coefficient (Wildman–Crippen LogP) is 3.66. The normalized spacial score (nSPS) is 10.2. The van der Waals surface area contributed by atoms with Crippen LogP contribution < -0.4 is 4.74 Å². The molecule has 0 amide bonds. The Labute approximate surface area is 101 Å². The topological polar surface area (TPSA) is 22.1 Å². The minimum atomic E-state index is -0.506. The molecule has 0 aliphatic rings. The Bertz CT molecular complexity index is 499. The average molecular weight is 282 g/mol. The van der Waals surface area contributed by atoms with Crippen molar-refractivity contribution in [2.75, 3.05) is 7.11 Å². The van der Waals surface area contributed by atoms with Gasteiger partial charge < -0.3 is 4.74 Å². The smallest absolute Gasteiger partial charge is 0.227 e. The summed E-state index contributed by atoms with van der Waals surface area (Å²) in [5, 5.41) is 0. The number of ether oxygens (including phenoxy) is 1. The van der Waals surface area contributed by atoms with Gasteiger partial charge in [0.15, 0.2) is 0 Å². The summed E-state index contributed by atoms with van der Waals surface area (Å²) in [6.45, 7) is 0. The van der Waals surface area contributed by atoms with Crippen LogP contribution in [-0.4, -0.2) is 12.1 Å². The molecule has 1 aromatic heterocycles. The quantitative estimate of drug-likeness (QED) is 0.784. The van der Waals surface area contributed by atoms with Crippen molar-refractivity contribution in [1.29, 1.82) is 0 Å². The SMILES string of the molecule is COc1ccc(-c2ccc(Br)c(F)n2)cc1. The molecule has 0 unspecified atom stereocenters. The fourth-order valence-electron chi connectivity index (χ4n) is 1.34. The lowest BCUT2D eigenvalue weighted by molar-refractivity contribution is 0.415. The van der Waals surface area contributed by atoms with E-state index in [4.69, 9.17) is 4.74 Å². The number of hydrogen-bond acceptors (Lipinski definition) is 2. The van der Waals surface area contributed by atoms with Gasteiger partial charge in [0.1, 0.15) is 5.75 Å². The molecular formula is C12H9BrFNO. The first-order valence-corrected chi connectivity index (χ1v) is 5.46. The van der Waals surface area contributed by atoms with Gasteiger partial charge in [-0.05, 0) is 52.3 Å². The molecule has 0 saturated carbocycles. The van der Waals surface area contributed by atoms with E-state index in [9.17, 15) is 4.39 Å². The summed E-state index contributed by atoms with van der Waals surface area (Å²) in [4.78, 5) is 3.84. The molecular weight excluding hydrogens is 273 g/mol. The molecule has 0 atom stereocenters. The molecule has 16 heavy (non-hydrogen) atoms. The lowest BCUT2D eigenvalue weighted by Gasteiger charge is -2.03. The highest BCUT2D eigenvalue weighted by atomic mass is 79.9. The van der Waals surface area contributed by atoms with Gasteiger partial charge >= 0.3 is 0 Å². The number of rotatable bonds is 2. The van der Waals surface area contributed by atoms with Gasteiger partial charge in [-0.2, -0.15) is 4.39 Å². The van der Waals surface area contributed by atoms with Gasteiger partial charge in [-0.3, -0.25) is 0 Å². The van der Waals surface area contributed by atoms with Crippen LogP contribution in [0.25, 0.3) is 11.3 Å². The Hall–Kier alpha value is -1.42. The molecule has 0 fully saturated rings. The lowest BCUT2D eigenvalue weighted by atomic mass is 10.1. The Kier molecular flexibility index (Phi) is 3.19. The summed E-state index contributed by atoms with van der Waals surface area (Å²) in [5.74, 6) is 0.259. The molecule has 82 valence electrons. The minimum absolute atomic E-state index is 0.366. The molecule has 0 aliphatic heterocycles. The van der Waals surface area contributed by atoms with E-state index in [1.165, 1.54) is 0 Å². The zero-order chi connectivity index (χ0) is 11.5. The van der Waals surface area contributed by atoms with Crippen LogP contribution in [0, 0.1) is 5.95 Å². The summed E-state index contributed by atoms with van der Waals surface area (Å²) in [6.07, 6.45) is 0. The molecule has 2 aromatic rings. The van der Waals surface area contributed by atoms with Crippen molar-refractivity contribution >= 4 is 15.9 Å². The second kappa shape index (κ2) is 4.61. The van der Waals surface area contributed by atoms with Crippen molar-refractivity contribution < 1.29 is 9.13 Å². The van der Waals surface area contributed by atoms with Crippen molar-refractivity contribution in [3.8, 4) is 17.0 Å². The molecule has 0 N–H and O–H groups in total. The maximum absolute atomic E-state index is 13.2. The van der Waals surface area contributed by atoms with Crippen molar-refractivity contribution in [1.82, 2.24) is 4.98 Å².